The molecule has 0 aliphatic heterocycles. The van der Waals surface area contributed by atoms with E-state index in [1.54, 1.807) is 41.1 Å². The van der Waals surface area contributed by atoms with Crippen molar-refractivity contribution in [2.45, 2.75) is 31.3 Å². The Morgan fingerprint density at radius 3 is 2.43 bits per heavy atom. The molecular weight excluding hydrogens is 529 g/mol. The van der Waals surface area contributed by atoms with Gasteiger partial charge in [-0.2, -0.15) is 0 Å². The van der Waals surface area contributed by atoms with E-state index in [1.165, 1.54) is 4.68 Å². The van der Waals surface area contributed by atoms with E-state index in [1.807, 2.05) is 49.4 Å². The molecule has 1 atom stereocenters. The lowest BCUT2D eigenvalue weighted by Crippen LogP contribution is -2.18. The molecule has 188 valence electrons. The molecule has 0 unspecified atom stereocenters. The van der Waals surface area contributed by atoms with Gasteiger partial charge in [-0.3, -0.25) is 10.1 Å². The van der Waals surface area contributed by atoms with Crippen molar-refractivity contribution in [2.24, 2.45) is 7.05 Å². The fraction of sp³-hybridized carbons (Fsp3) is 0.231. The molecule has 1 saturated carbocycles. The van der Waals surface area contributed by atoms with Crippen LogP contribution in [-0.4, -0.2) is 32.2 Å². The van der Waals surface area contributed by atoms with Crippen LogP contribution in [0.4, 0.5) is 10.6 Å². The van der Waals surface area contributed by atoms with Gasteiger partial charge in [-0.15, -0.1) is 39.1 Å². The minimum Gasteiger partial charge on any atom is -0.481 e. The Kier molecular flexibility index (Phi) is 5.85. The number of thiophene rings is 3. The number of hydrogen-bond donors (Lipinski definition) is 2. The average molecular weight is 551 g/mol. The maximum Gasteiger partial charge on any atom is 0.413 e. The lowest BCUT2D eigenvalue weighted by Gasteiger charge is -2.14. The molecule has 0 radical (unpaired) electrons. The summed E-state index contributed by atoms with van der Waals surface area (Å²) in [6, 6.07) is 17.7. The molecule has 2 N–H and O–H groups in total. The Morgan fingerprint density at radius 2 is 1.73 bits per heavy atom. The van der Waals surface area contributed by atoms with Crippen molar-refractivity contribution >= 4 is 61.3 Å². The summed E-state index contributed by atoms with van der Waals surface area (Å²) in [4.78, 5) is 28.3. The summed E-state index contributed by atoms with van der Waals surface area (Å²) in [5.74, 6) is -0.268. The van der Waals surface area contributed by atoms with E-state index >= 15 is 0 Å². The molecule has 1 aromatic carbocycles. The van der Waals surface area contributed by atoms with Crippen molar-refractivity contribution in [2.75, 3.05) is 5.32 Å². The Hall–Kier alpha value is -3.54. The topological polar surface area (TPSA) is 106 Å². The molecule has 0 spiro atoms. The highest BCUT2D eigenvalue weighted by atomic mass is 32.1. The maximum atomic E-state index is 12.6. The molecule has 1 fully saturated rings. The normalized spacial score (nSPS) is 15.0. The van der Waals surface area contributed by atoms with Gasteiger partial charge in [-0.05, 0) is 49.6 Å². The van der Waals surface area contributed by atoms with Crippen molar-refractivity contribution < 1.29 is 19.4 Å². The van der Waals surface area contributed by atoms with Gasteiger partial charge in [-0.25, -0.2) is 9.48 Å². The standard InChI is InChI=1S/C26H22N4O4S3/c1-14(15-6-4-3-5-7-15)34-25(33)27-23-22(28-29-30(23)2)20-13-19-18(36-20)12-17(35-19)16-8-9-21(37-16)26(10-11-26)24(31)32/h3-9,12-14H,10-11H2,1-2H3,(H,27,33)(H,31,32)/t14-/m1/s1. The van der Waals surface area contributed by atoms with E-state index in [0.29, 0.717) is 24.4 Å². The van der Waals surface area contributed by atoms with Crippen molar-refractivity contribution in [3.05, 3.63) is 65.0 Å². The van der Waals surface area contributed by atoms with E-state index in [9.17, 15) is 14.7 Å². The van der Waals surface area contributed by atoms with E-state index in [-0.39, 0.29) is 0 Å². The number of anilines is 1. The maximum absolute atomic E-state index is 12.6. The van der Waals surface area contributed by atoms with Crippen LogP contribution in [0.25, 0.3) is 29.7 Å². The number of fused-ring (bicyclic) bond motifs is 1. The van der Waals surface area contributed by atoms with Gasteiger partial charge in [0.15, 0.2) is 5.82 Å². The Morgan fingerprint density at radius 1 is 1.03 bits per heavy atom. The van der Waals surface area contributed by atoms with Gasteiger partial charge in [0.1, 0.15) is 17.2 Å². The van der Waals surface area contributed by atoms with Crippen LogP contribution in [0.5, 0.6) is 0 Å². The van der Waals surface area contributed by atoms with Gasteiger partial charge in [0.25, 0.3) is 0 Å². The van der Waals surface area contributed by atoms with Crippen LogP contribution in [0, 0.1) is 0 Å². The molecule has 37 heavy (non-hydrogen) atoms. The minimum atomic E-state index is -0.732. The zero-order chi connectivity index (χ0) is 25.7. The molecular formula is C26H22N4O4S3. The van der Waals surface area contributed by atoms with Crippen molar-refractivity contribution in [1.82, 2.24) is 15.0 Å². The molecule has 5 aromatic rings. The number of benzene rings is 1. The monoisotopic (exact) mass is 550 g/mol. The zero-order valence-electron chi connectivity index (χ0n) is 19.9. The fourth-order valence-corrected chi connectivity index (χ4v) is 7.94. The number of carboxylic acids is 1. The van der Waals surface area contributed by atoms with Crippen LogP contribution >= 0.6 is 34.0 Å². The number of nitrogens with one attached hydrogen (secondary N) is 1. The second-order valence-electron chi connectivity index (χ2n) is 8.99. The van der Waals surface area contributed by atoms with Crippen LogP contribution in [-0.2, 0) is 22.0 Å². The number of carbonyl (C=O) groups excluding carboxylic acids is 1. The van der Waals surface area contributed by atoms with Crippen LogP contribution < -0.4 is 5.32 Å². The van der Waals surface area contributed by atoms with E-state index in [0.717, 1.165) is 34.5 Å². The number of hydrogen-bond acceptors (Lipinski definition) is 8. The molecule has 8 nitrogen and oxygen atoms in total. The third-order valence-corrected chi connectivity index (χ3v) is 10.3. The number of carboxylic acid groups (broad SMARTS) is 1. The largest absolute Gasteiger partial charge is 0.481 e. The molecule has 1 aliphatic carbocycles. The predicted molar refractivity (Wildman–Crippen MR) is 147 cm³/mol. The molecule has 4 heterocycles. The first kappa shape index (κ1) is 23.8. The van der Waals surface area contributed by atoms with Crippen molar-refractivity contribution in [1.29, 1.82) is 0 Å². The average Bonchev–Trinajstić information content (AvgIpc) is 3.19. The summed E-state index contributed by atoms with van der Waals surface area (Å²) >= 11 is 4.80. The minimum absolute atomic E-state index is 0.403. The highest BCUT2D eigenvalue weighted by Crippen LogP contribution is 2.53. The number of rotatable bonds is 7. The second-order valence-corrected chi connectivity index (χ2v) is 12.2. The van der Waals surface area contributed by atoms with Crippen LogP contribution in [0.1, 0.15) is 36.3 Å². The number of aryl methyl sites for hydroxylation is 1. The fourth-order valence-electron chi connectivity index (χ4n) is 4.23. The predicted octanol–water partition coefficient (Wildman–Crippen LogP) is 6.91. The van der Waals surface area contributed by atoms with Crippen LogP contribution in [0.15, 0.2) is 54.6 Å². The van der Waals surface area contributed by atoms with E-state index in [2.05, 4.69) is 27.8 Å². The quantitative estimate of drug-likeness (QED) is 0.228. The zero-order valence-corrected chi connectivity index (χ0v) is 22.4. The lowest BCUT2D eigenvalue weighted by atomic mass is 10.1. The summed E-state index contributed by atoms with van der Waals surface area (Å²) in [6.45, 7) is 1.82. The first-order valence-corrected chi connectivity index (χ1v) is 14.1. The number of aromatic nitrogens is 3. The van der Waals surface area contributed by atoms with Crippen molar-refractivity contribution in [3.63, 3.8) is 0 Å². The summed E-state index contributed by atoms with van der Waals surface area (Å²) in [5, 5.41) is 20.8. The van der Waals surface area contributed by atoms with E-state index < -0.39 is 23.6 Å². The van der Waals surface area contributed by atoms with Gasteiger partial charge in [0, 0.05) is 31.1 Å². The van der Waals surface area contributed by atoms with Crippen molar-refractivity contribution in [3.8, 4) is 20.3 Å². The van der Waals surface area contributed by atoms with Gasteiger partial charge in [-0.1, -0.05) is 35.5 Å². The number of nitrogens with zero attached hydrogens (tertiary/aromatic N) is 3. The number of ether oxygens (including phenoxy) is 1. The Balaban J connectivity index is 1.21. The Bertz CT molecular complexity index is 1600. The molecule has 11 heteroatoms. The molecule has 4 aromatic heterocycles. The highest BCUT2D eigenvalue weighted by Gasteiger charge is 2.52. The summed E-state index contributed by atoms with van der Waals surface area (Å²) in [6.07, 6.45) is 0.433. The smallest absolute Gasteiger partial charge is 0.413 e. The van der Waals surface area contributed by atoms with Gasteiger partial charge >= 0.3 is 12.1 Å². The summed E-state index contributed by atoms with van der Waals surface area (Å²) in [5.41, 5.74) is 0.806. The SMILES string of the molecule is C[C@@H](OC(=O)Nc1c(-c2cc3sc(-c4ccc(C5(C(=O)O)CC5)s4)cc3s2)nnn1C)c1ccccc1. The second kappa shape index (κ2) is 9.09. The first-order valence-electron chi connectivity index (χ1n) is 11.6. The third-order valence-electron chi connectivity index (χ3n) is 6.52. The van der Waals surface area contributed by atoms with Crippen LogP contribution in [0.3, 0.4) is 0 Å². The van der Waals surface area contributed by atoms with Gasteiger partial charge < -0.3 is 9.84 Å². The number of amides is 1. The van der Waals surface area contributed by atoms with E-state index in [4.69, 9.17) is 4.74 Å². The highest BCUT2D eigenvalue weighted by molar-refractivity contribution is 7.32. The molecule has 6 rings (SSSR count). The molecule has 1 aliphatic rings. The molecule has 0 bridgehead atoms. The number of carbonyl (C=O) groups is 2. The summed E-state index contributed by atoms with van der Waals surface area (Å²) < 4.78 is 9.28. The lowest BCUT2D eigenvalue weighted by molar-refractivity contribution is -0.139. The van der Waals surface area contributed by atoms with Gasteiger partial charge in [0.2, 0.25) is 0 Å². The molecule has 1 amide bonds. The summed E-state index contributed by atoms with van der Waals surface area (Å²) in [7, 11) is 1.72. The van der Waals surface area contributed by atoms with Gasteiger partial charge in [0.05, 0.1) is 4.88 Å². The Labute approximate surface area is 224 Å². The third kappa shape index (κ3) is 4.32. The van der Waals surface area contributed by atoms with Crippen LogP contribution in [0.2, 0.25) is 0 Å². The first-order chi connectivity index (χ1) is 17.8. The molecule has 0 saturated heterocycles. The number of aliphatic carboxylic acids is 1.